The fraction of sp³-hybridized carbons (Fsp3) is 0.571. The molecule has 15 heavy (non-hydrogen) atoms. The van der Waals surface area contributed by atoms with Crippen LogP contribution < -0.4 is 11.1 Å². The number of rotatable bonds is 5. The van der Waals surface area contributed by atoms with Crippen LogP contribution in [0.15, 0.2) is 0 Å². The van der Waals surface area contributed by atoms with Gasteiger partial charge in [-0.1, -0.05) is 0 Å². The van der Waals surface area contributed by atoms with Gasteiger partial charge < -0.3 is 21.1 Å². The minimum Gasteiger partial charge on any atom is -0.480 e. The quantitative estimate of drug-likeness (QED) is 0.221. The molecule has 0 rings (SSSR count). The van der Waals surface area contributed by atoms with Gasteiger partial charge in [0, 0.05) is 12.8 Å². The van der Waals surface area contributed by atoms with Crippen molar-refractivity contribution in [1.29, 1.82) is 5.41 Å². The van der Waals surface area contributed by atoms with Crippen LogP contribution in [0.2, 0.25) is 0 Å². The van der Waals surface area contributed by atoms with E-state index < -0.39 is 17.9 Å². The number of amides is 1. The van der Waals surface area contributed by atoms with E-state index in [1.165, 1.54) is 11.9 Å². The summed E-state index contributed by atoms with van der Waals surface area (Å²) in [6.45, 7) is -0.160. The number of carboxylic acid groups (broad SMARTS) is 1. The third-order valence-electron chi connectivity index (χ3n) is 1.61. The number of likely N-dealkylation sites (N-methyl/N-ethyl adjacent to an activating group) is 1. The fourth-order valence-corrected chi connectivity index (χ4v) is 0.974. The average Bonchev–Trinajstić information content (AvgIpc) is 2.13. The van der Waals surface area contributed by atoms with E-state index in [1.54, 1.807) is 0 Å². The predicted molar refractivity (Wildman–Crippen MR) is 58.0 cm³/mol. The van der Waals surface area contributed by atoms with Crippen molar-refractivity contribution in [3.05, 3.63) is 0 Å². The highest BCUT2D eigenvalue weighted by atomic mass is 32.1. The van der Waals surface area contributed by atoms with Crippen LogP contribution in [0.25, 0.3) is 0 Å². The van der Waals surface area contributed by atoms with Gasteiger partial charge in [-0.25, -0.2) is 4.79 Å². The fourth-order valence-electron chi connectivity index (χ4n) is 0.726. The molecular weight excluding hydrogens is 220 g/mol. The summed E-state index contributed by atoms with van der Waals surface area (Å²) in [4.78, 5) is 23.0. The number of aliphatic carboxylic acids is 1. The summed E-state index contributed by atoms with van der Waals surface area (Å²) in [6.07, 6.45) is 0. The molecule has 0 fully saturated rings. The van der Waals surface area contributed by atoms with Crippen molar-refractivity contribution >= 4 is 30.5 Å². The predicted octanol–water partition coefficient (Wildman–Crippen LogP) is -1.69. The van der Waals surface area contributed by atoms with Crippen LogP contribution in [-0.4, -0.2) is 53.2 Å². The Balaban J connectivity index is 4.13. The van der Waals surface area contributed by atoms with Crippen molar-refractivity contribution in [3.63, 3.8) is 0 Å². The monoisotopic (exact) mass is 234 g/mol. The Morgan fingerprint density at radius 3 is 2.53 bits per heavy atom. The van der Waals surface area contributed by atoms with Gasteiger partial charge in [-0.05, 0) is 0 Å². The Morgan fingerprint density at radius 1 is 1.67 bits per heavy atom. The maximum atomic E-state index is 11.2. The zero-order valence-corrected chi connectivity index (χ0v) is 9.12. The third-order valence-corrected chi connectivity index (χ3v) is 1.97. The van der Waals surface area contributed by atoms with Gasteiger partial charge in [0.25, 0.3) is 0 Å². The van der Waals surface area contributed by atoms with Crippen molar-refractivity contribution in [2.24, 2.45) is 5.73 Å². The maximum absolute atomic E-state index is 11.2. The van der Waals surface area contributed by atoms with Crippen LogP contribution in [0.5, 0.6) is 0 Å². The van der Waals surface area contributed by atoms with Crippen molar-refractivity contribution in [1.82, 2.24) is 10.2 Å². The lowest BCUT2D eigenvalue weighted by Crippen LogP contribution is -2.47. The number of nitrogens with two attached hydrogens (primary N) is 1. The first-order chi connectivity index (χ1) is 6.88. The summed E-state index contributed by atoms with van der Waals surface area (Å²) in [6, 6.07) is -1.03. The van der Waals surface area contributed by atoms with Crippen molar-refractivity contribution in [2.75, 3.05) is 19.3 Å². The molecule has 0 aromatic heterocycles. The number of carbonyl (C=O) groups excluding carboxylic acids is 1. The zero-order valence-electron chi connectivity index (χ0n) is 8.23. The molecule has 0 aromatic carbocycles. The van der Waals surface area contributed by atoms with E-state index in [4.69, 9.17) is 16.2 Å². The average molecular weight is 234 g/mol. The lowest BCUT2D eigenvalue weighted by atomic mass is 10.3. The van der Waals surface area contributed by atoms with Crippen LogP contribution in [0.1, 0.15) is 0 Å². The molecule has 1 amide bonds. The van der Waals surface area contributed by atoms with Gasteiger partial charge in [0.1, 0.15) is 6.04 Å². The van der Waals surface area contributed by atoms with Gasteiger partial charge in [-0.3, -0.25) is 10.2 Å². The second-order valence-electron chi connectivity index (χ2n) is 2.88. The number of carbonyl (C=O) groups is 2. The number of guanidine groups is 1. The van der Waals surface area contributed by atoms with Gasteiger partial charge in [0.15, 0.2) is 5.96 Å². The van der Waals surface area contributed by atoms with E-state index in [-0.39, 0.29) is 18.3 Å². The van der Waals surface area contributed by atoms with Gasteiger partial charge in [0.05, 0.1) is 6.54 Å². The molecule has 0 saturated heterocycles. The van der Waals surface area contributed by atoms with Crippen LogP contribution >= 0.6 is 12.6 Å². The SMILES string of the molecule is CN(CC(=O)N[C@@H](CS)C(=O)O)C(=N)N. The Morgan fingerprint density at radius 2 is 2.20 bits per heavy atom. The minimum absolute atomic E-state index is 0.00482. The summed E-state index contributed by atoms with van der Waals surface area (Å²) in [7, 11) is 1.46. The second kappa shape index (κ2) is 6.12. The summed E-state index contributed by atoms with van der Waals surface area (Å²) in [5.41, 5.74) is 5.11. The molecule has 0 unspecified atom stereocenters. The van der Waals surface area contributed by atoms with Crippen LogP contribution in [0.3, 0.4) is 0 Å². The van der Waals surface area contributed by atoms with E-state index in [1.807, 2.05) is 0 Å². The summed E-state index contributed by atoms with van der Waals surface area (Å²) < 4.78 is 0. The standard InChI is InChI=1S/C7H14N4O3S/c1-11(7(8)9)2-5(12)10-4(3-15)6(13)14/h4,15H,2-3H2,1H3,(H3,8,9)(H,10,12)(H,13,14)/t4-/m0/s1. The Bertz CT molecular complexity index is 271. The van der Waals surface area contributed by atoms with E-state index in [9.17, 15) is 9.59 Å². The van der Waals surface area contributed by atoms with Crippen molar-refractivity contribution in [2.45, 2.75) is 6.04 Å². The lowest BCUT2D eigenvalue weighted by molar-refractivity contribution is -0.141. The first-order valence-electron chi connectivity index (χ1n) is 4.06. The number of carboxylic acids is 1. The Hall–Kier alpha value is -1.44. The summed E-state index contributed by atoms with van der Waals surface area (Å²) >= 11 is 3.78. The number of nitrogens with zero attached hydrogens (tertiary/aromatic N) is 1. The number of hydrogen-bond acceptors (Lipinski definition) is 4. The Labute approximate surface area is 92.5 Å². The molecular formula is C7H14N4O3S. The van der Waals surface area contributed by atoms with Crippen LogP contribution in [0, 0.1) is 5.41 Å². The molecule has 0 aromatic rings. The van der Waals surface area contributed by atoms with Crippen LogP contribution in [-0.2, 0) is 9.59 Å². The molecule has 0 aliphatic rings. The van der Waals surface area contributed by atoms with E-state index in [0.717, 1.165) is 0 Å². The topological polar surface area (TPSA) is 120 Å². The molecule has 0 radical (unpaired) electrons. The molecule has 5 N–H and O–H groups in total. The molecule has 7 nitrogen and oxygen atoms in total. The van der Waals surface area contributed by atoms with Gasteiger partial charge >= 0.3 is 5.97 Å². The molecule has 0 bridgehead atoms. The molecule has 0 aliphatic carbocycles. The van der Waals surface area contributed by atoms with Crippen molar-refractivity contribution in [3.8, 4) is 0 Å². The van der Waals surface area contributed by atoms with Crippen LogP contribution in [0.4, 0.5) is 0 Å². The smallest absolute Gasteiger partial charge is 0.327 e. The van der Waals surface area contributed by atoms with Gasteiger partial charge in [-0.2, -0.15) is 12.6 Å². The van der Waals surface area contributed by atoms with E-state index >= 15 is 0 Å². The lowest BCUT2D eigenvalue weighted by Gasteiger charge is -2.18. The summed E-state index contributed by atoms with van der Waals surface area (Å²) in [5.74, 6) is -1.92. The minimum atomic E-state index is -1.15. The highest BCUT2D eigenvalue weighted by molar-refractivity contribution is 7.80. The largest absolute Gasteiger partial charge is 0.480 e. The first kappa shape index (κ1) is 13.6. The molecule has 86 valence electrons. The number of hydrogen-bond donors (Lipinski definition) is 5. The zero-order chi connectivity index (χ0) is 12.0. The van der Waals surface area contributed by atoms with E-state index in [0.29, 0.717) is 0 Å². The second-order valence-corrected chi connectivity index (χ2v) is 3.25. The van der Waals surface area contributed by atoms with Gasteiger partial charge in [-0.15, -0.1) is 0 Å². The van der Waals surface area contributed by atoms with Crippen molar-refractivity contribution < 1.29 is 14.7 Å². The molecule has 0 saturated carbocycles. The van der Waals surface area contributed by atoms with Gasteiger partial charge in [0.2, 0.25) is 5.91 Å². The molecule has 1 atom stereocenters. The molecule has 8 heteroatoms. The number of nitrogens with one attached hydrogen (secondary N) is 2. The molecule has 0 aliphatic heterocycles. The highest BCUT2D eigenvalue weighted by Crippen LogP contribution is 1.89. The molecule has 0 heterocycles. The third kappa shape index (κ3) is 5.11. The molecule has 0 spiro atoms. The number of thiol groups is 1. The summed E-state index contributed by atoms with van der Waals surface area (Å²) in [5, 5.41) is 17.9. The first-order valence-corrected chi connectivity index (χ1v) is 4.70. The maximum Gasteiger partial charge on any atom is 0.327 e. The highest BCUT2D eigenvalue weighted by Gasteiger charge is 2.18. The normalized spacial score (nSPS) is 11.6. The van der Waals surface area contributed by atoms with E-state index in [2.05, 4.69) is 17.9 Å². The Kier molecular flexibility index (Phi) is 5.53.